The van der Waals surface area contributed by atoms with Crippen LogP contribution < -0.4 is 5.32 Å². The van der Waals surface area contributed by atoms with Crippen molar-refractivity contribution < 1.29 is 20.1 Å². The Balaban J connectivity index is 2.80. The molecule has 1 amide bonds. The van der Waals surface area contributed by atoms with Crippen LogP contribution in [0.5, 0.6) is 5.75 Å². The van der Waals surface area contributed by atoms with Gasteiger partial charge in [0.05, 0.1) is 19.3 Å². The van der Waals surface area contributed by atoms with Gasteiger partial charge in [0.2, 0.25) is 0 Å². The number of phenols is 1. The molecule has 0 aliphatic carbocycles. The highest BCUT2D eigenvalue weighted by Crippen LogP contribution is 2.15. The molecule has 0 aliphatic heterocycles. The molecule has 16 heavy (non-hydrogen) atoms. The number of aryl methyl sites for hydroxylation is 1. The summed E-state index contributed by atoms with van der Waals surface area (Å²) in [6, 6.07) is 3.71. The molecule has 1 aromatic carbocycles. The van der Waals surface area contributed by atoms with Gasteiger partial charge in [-0.05, 0) is 30.7 Å². The van der Waals surface area contributed by atoms with Gasteiger partial charge in [0, 0.05) is 5.56 Å². The maximum absolute atomic E-state index is 11.7. The predicted octanol–water partition coefficient (Wildman–Crippen LogP) is -0.216. The van der Waals surface area contributed by atoms with Crippen molar-refractivity contribution in [1.82, 2.24) is 5.32 Å². The van der Waals surface area contributed by atoms with E-state index in [1.165, 1.54) is 18.2 Å². The first kappa shape index (κ1) is 12.5. The lowest BCUT2D eigenvalue weighted by atomic mass is 10.1. The van der Waals surface area contributed by atoms with E-state index in [1.807, 2.05) is 0 Å². The molecule has 1 rings (SSSR count). The van der Waals surface area contributed by atoms with Gasteiger partial charge < -0.3 is 20.6 Å². The molecule has 4 N–H and O–H groups in total. The van der Waals surface area contributed by atoms with E-state index in [0.29, 0.717) is 11.1 Å². The lowest BCUT2D eigenvalue weighted by Crippen LogP contribution is -2.40. The van der Waals surface area contributed by atoms with Crippen molar-refractivity contribution in [1.29, 1.82) is 0 Å². The van der Waals surface area contributed by atoms with Crippen molar-refractivity contribution in [2.45, 2.75) is 13.0 Å². The van der Waals surface area contributed by atoms with Gasteiger partial charge in [0.1, 0.15) is 5.75 Å². The second-order valence-electron chi connectivity index (χ2n) is 3.53. The predicted molar refractivity (Wildman–Crippen MR) is 58.3 cm³/mol. The van der Waals surface area contributed by atoms with Gasteiger partial charge in [-0.3, -0.25) is 4.79 Å². The molecule has 0 radical (unpaired) electrons. The molecule has 5 heteroatoms. The van der Waals surface area contributed by atoms with Crippen molar-refractivity contribution in [3.63, 3.8) is 0 Å². The maximum atomic E-state index is 11.7. The smallest absolute Gasteiger partial charge is 0.251 e. The van der Waals surface area contributed by atoms with Crippen LogP contribution in [0.15, 0.2) is 18.2 Å². The minimum absolute atomic E-state index is 0.0925. The van der Waals surface area contributed by atoms with Gasteiger partial charge in [-0.2, -0.15) is 0 Å². The lowest BCUT2D eigenvalue weighted by Gasteiger charge is -2.14. The summed E-state index contributed by atoms with van der Waals surface area (Å²) in [4.78, 5) is 11.7. The molecule has 0 saturated heterocycles. The molecule has 1 aromatic rings. The van der Waals surface area contributed by atoms with Gasteiger partial charge in [0.15, 0.2) is 0 Å². The van der Waals surface area contributed by atoms with Crippen molar-refractivity contribution >= 4 is 5.91 Å². The van der Waals surface area contributed by atoms with Gasteiger partial charge in [0.25, 0.3) is 5.91 Å². The molecule has 0 bridgehead atoms. The maximum Gasteiger partial charge on any atom is 0.251 e. The first-order valence-corrected chi connectivity index (χ1v) is 4.90. The number of aliphatic hydroxyl groups is 2. The van der Waals surface area contributed by atoms with Gasteiger partial charge in [-0.25, -0.2) is 0 Å². The van der Waals surface area contributed by atoms with Crippen molar-refractivity contribution in [3.05, 3.63) is 29.3 Å². The third-order valence-corrected chi connectivity index (χ3v) is 2.23. The minimum Gasteiger partial charge on any atom is -0.508 e. The fraction of sp³-hybridized carbons (Fsp3) is 0.364. The number of rotatable bonds is 4. The standard InChI is InChI=1S/C11H15NO4/c1-7-4-9(15)2-3-10(7)11(16)12-8(5-13)6-14/h2-4,8,13-15H,5-6H2,1H3,(H,12,16). The van der Waals surface area contributed by atoms with E-state index >= 15 is 0 Å². The average Bonchev–Trinajstić information content (AvgIpc) is 2.25. The fourth-order valence-electron chi connectivity index (χ4n) is 1.31. The number of aromatic hydroxyl groups is 1. The second kappa shape index (κ2) is 5.48. The van der Waals surface area contributed by atoms with Crippen molar-refractivity contribution in [2.24, 2.45) is 0 Å². The Hall–Kier alpha value is -1.59. The van der Waals surface area contributed by atoms with Crippen molar-refractivity contribution in [3.8, 4) is 5.75 Å². The molecule has 0 fully saturated rings. The Kier molecular flexibility index (Phi) is 4.28. The number of nitrogens with one attached hydrogen (secondary N) is 1. The van der Waals surface area contributed by atoms with Gasteiger partial charge >= 0.3 is 0 Å². The Morgan fingerprint density at radius 3 is 2.50 bits per heavy atom. The van der Waals surface area contributed by atoms with Crippen LogP contribution in [0.25, 0.3) is 0 Å². The molecule has 0 spiro atoms. The number of aliphatic hydroxyl groups excluding tert-OH is 2. The molecule has 0 aliphatic rings. The van der Waals surface area contributed by atoms with Crippen LogP contribution in [0, 0.1) is 6.92 Å². The number of amides is 1. The van der Waals surface area contributed by atoms with E-state index < -0.39 is 6.04 Å². The summed E-state index contributed by atoms with van der Waals surface area (Å²) < 4.78 is 0. The summed E-state index contributed by atoms with van der Waals surface area (Å²) in [5.74, 6) is -0.291. The SMILES string of the molecule is Cc1cc(O)ccc1C(=O)NC(CO)CO. The molecule has 5 nitrogen and oxygen atoms in total. The summed E-state index contributed by atoms with van der Waals surface area (Å²) in [6.07, 6.45) is 0. The van der Waals surface area contributed by atoms with Gasteiger partial charge in [-0.1, -0.05) is 0 Å². The van der Waals surface area contributed by atoms with Crippen LogP contribution in [0.4, 0.5) is 0 Å². The summed E-state index contributed by atoms with van der Waals surface area (Å²) in [5, 5.41) is 29.3. The zero-order valence-electron chi connectivity index (χ0n) is 8.97. The summed E-state index contributed by atoms with van der Waals surface area (Å²) >= 11 is 0. The molecule has 88 valence electrons. The second-order valence-corrected chi connectivity index (χ2v) is 3.53. The molecule has 0 unspecified atom stereocenters. The van der Waals surface area contributed by atoms with E-state index in [-0.39, 0.29) is 24.9 Å². The molecule has 0 atom stereocenters. The number of carbonyl (C=O) groups excluding carboxylic acids is 1. The Morgan fingerprint density at radius 1 is 1.38 bits per heavy atom. The van der Waals surface area contributed by atoms with Crippen LogP contribution >= 0.6 is 0 Å². The van der Waals surface area contributed by atoms with E-state index in [0.717, 1.165) is 0 Å². The largest absolute Gasteiger partial charge is 0.508 e. The average molecular weight is 225 g/mol. The van der Waals surface area contributed by atoms with E-state index in [1.54, 1.807) is 6.92 Å². The third kappa shape index (κ3) is 2.95. The molecule has 0 aromatic heterocycles. The van der Waals surface area contributed by atoms with Crippen LogP contribution in [0.2, 0.25) is 0 Å². The van der Waals surface area contributed by atoms with Crippen LogP contribution in [0.1, 0.15) is 15.9 Å². The minimum atomic E-state index is -0.666. The fourth-order valence-corrected chi connectivity index (χ4v) is 1.31. The van der Waals surface area contributed by atoms with Gasteiger partial charge in [-0.15, -0.1) is 0 Å². The highest BCUT2D eigenvalue weighted by Gasteiger charge is 2.13. The Morgan fingerprint density at radius 2 is 2.00 bits per heavy atom. The Bertz CT molecular complexity index is 374. The van der Waals surface area contributed by atoms with Crippen LogP contribution in [-0.2, 0) is 0 Å². The number of hydrogen-bond donors (Lipinski definition) is 4. The quantitative estimate of drug-likeness (QED) is 0.570. The highest BCUT2D eigenvalue weighted by atomic mass is 16.3. The monoisotopic (exact) mass is 225 g/mol. The topological polar surface area (TPSA) is 89.8 Å². The molecule has 0 saturated carbocycles. The first-order chi connectivity index (χ1) is 7.58. The zero-order chi connectivity index (χ0) is 12.1. The molecular formula is C11H15NO4. The highest BCUT2D eigenvalue weighted by molar-refractivity contribution is 5.95. The number of carbonyl (C=O) groups is 1. The molecular weight excluding hydrogens is 210 g/mol. The van der Waals surface area contributed by atoms with E-state index in [9.17, 15) is 9.90 Å². The normalized spacial score (nSPS) is 10.5. The van der Waals surface area contributed by atoms with Crippen molar-refractivity contribution in [2.75, 3.05) is 13.2 Å². The number of phenolic OH excluding ortho intramolecular Hbond substituents is 1. The van der Waals surface area contributed by atoms with E-state index in [4.69, 9.17) is 10.2 Å². The zero-order valence-corrected chi connectivity index (χ0v) is 8.97. The molecule has 0 heterocycles. The third-order valence-electron chi connectivity index (χ3n) is 2.23. The number of hydrogen-bond acceptors (Lipinski definition) is 4. The lowest BCUT2D eigenvalue weighted by molar-refractivity contribution is 0.0879. The summed E-state index contributed by atoms with van der Waals surface area (Å²) in [7, 11) is 0. The summed E-state index contributed by atoms with van der Waals surface area (Å²) in [5.41, 5.74) is 1.04. The Labute approximate surface area is 93.4 Å². The summed E-state index contributed by atoms with van der Waals surface area (Å²) in [6.45, 7) is 1.06. The first-order valence-electron chi connectivity index (χ1n) is 4.90. The number of benzene rings is 1. The van der Waals surface area contributed by atoms with E-state index in [2.05, 4.69) is 5.32 Å². The van der Waals surface area contributed by atoms with Crippen LogP contribution in [-0.4, -0.2) is 40.5 Å². The van der Waals surface area contributed by atoms with Crippen LogP contribution in [0.3, 0.4) is 0 Å².